The molecule has 0 spiro atoms. The summed E-state index contributed by atoms with van der Waals surface area (Å²) in [6, 6.07) is 23.3. The molecule has 9 heteroatoms. The zero-order chi connectivity index (χ0) is 26.2. The Morgan fingerprint density at radius 2 is 1.78 bits per heavy atom. The van der Waals surface area contributed by atoms with E-state index in [1.165, 1.54) is 18.0 Å². The first-order valence-electron chi connectivity index (χ1n) is 12.1. The lowest BCUT2D eigenvalue weighted by Crippen LogP contribution is -2.21. The average Bonchev–Trinajstić information content (AvgIpc) is 3.34. The van der Waals surface area contributed by atoms with E-state index in [0.717, 1.165) is 35.6 Å². The summed E-state index contributed by atoms with van der Waals surface area (Å²) in [5, 5.41) is 23.7. The van der Waals surface area contributed by atoms with Crippen LogP contribution in [-0.4, -0.2) is 50.8 Å². The van der Waals surface area contributed by atoms with Gasteiger partial charge in [0.2, 0.25) is 0 Å². The molecule has 190 valence electrons. The van der Waals surface area contributed by atoms with Crippen molar-refractivity contribution in [3.63, 3.8) is 0 Å². The zero-order valence-electron chi connectivity index (χ0n) is 21.1. The molecule has 0 fully saturated rings. The summed E-state index contributed by atoms with van der Waals surface area (Å²) in [5.41, 5.74) is 7.00. The molecule has 0 aliphatic carbocycles. The number of nitrogens with zero attached hydrogens (tertiary/aromatic N) is 5. The van der Waals surface area contributed by atoms with Crippen LogP contribution in [0, 0.1) is 6.92 Å². The number of phenolic OH excluding ortho intramolecular Hbond substituents is 1. The number of carbonyl (C=O) groups is 1. The third-order valence-corrected chi connectivity index (χ3v) is 6.75. The third kappa shape index (κ3) is 6.37. The number of rotatable bonds is 10. The number of phenols is 1. The van der Waals surface area contributed by atoms with Gasteiger partial charge in [-0.05, 0) is 45.0 Å². The van der Waals surface area contributed by atoms with Gasteiger partial charge >= 0.3 is 0 Å². The molecule has 0 saturated heterocycles. The van der Waals surface area contributed by atoms with Crippen LogP contribution in [0.4, 0.5) is 5.69 Å². The largest absolute Gasteiger partial charge is 0.507 e. The number of anilines is 1. The van der Waals surface area contributed by atoms with E-state index in [9.17, 15) is 9.90 Å². The van der Waals surface area contributed by atoms with Crippen molar-refractivity contribution < 1.29 is 9.90 Å². The van der Waals surface area contributed by atoms with Crippen LogP contribution in [0.3, 0.4) is 0 Å². The van der Waals surface area contributed by atoms with Crippen molar-refractivity contribution >= 4 is 29.6 Å². The molecule has 0 saturated carbocycles. The Hall–Kier alpha value is -4.11. The van der Waals surface area contributed by atoms with Gasteiger partial charge in [0.15, 0.2) is 11.0 Å². The Balaban J connectivity index is 1.44. The number of aryl methyl sites for hydroxylation is 1. The van der Waals surface area contributed by atoms with Gasteiger partial charge in [-0.1, -0.05) is 59.8 Å². The van der Waals surface area contributed by atoms with Crippen molar-refractivity contribution in [3.05, 3.63) is 83.9 Å². The summed E-state index contributed by atoms with van der Waals surface area (Å²) < 4.78 is 1.95. The molecule has 0 aliphatic rings. The summed E-state index contributed by atoms with van der Waals surface area (Å²) in [4.78, 5) is 14.6. The zero-order valence-corrected chi connectivity index (χ0v) is 21.9. The maximum atomic E-state index is 12.5. The van der Waals surface area contributed by atoms with Gasteiger partial charge < -0.3 is 10.0 Å². The normalized spacial score (nSPS) is 11.1. The van der Waals surface area contributed by atoms with E-state index in [1.807, 2.05) is 72.2 Å². The van der Waals surface area contributed by atoms with Gasteiger partial charge in [0.1, 0.15) is 5.75 Å². The minimum Gasteiger partial charge on any atom is -0.507 e. The second-order valence-electron chi connectivity index (χ2n) is 8.34. The van der Waals surface area contributed by atoms with E-state index < -0.39 is 0 Å². The van der Waals surface area contributed by atoms with E-state index >= 15 is 0 Å². The second kappa shape index (κ2) is 12.2. The van der Waals surface area contributed by atoms with E-state index in [0.29, 0.717) is 16.5 Å². The molecule has 1 amide bonds. The summed E-state index contributed by atoms with van der Waals surface area (Å²) in [5.74, 6) is 0.621. The molecule has 0 radical (unpaired) electrons. The van der Waals surface area contributed by atoms with E-state index in [-0.39, 0.29) is 17.4 Å². The van der Waals surface area contributed by atoms with Gasteiger partial charge in [-0.25, -0.2) is 5.43 Å². The topological polar surface area (TPSA) is 95.6 Å². The molecule has 0 atom stereocenters. The molecule has 0 bridgehead atoms. The Labute approximate surface area is 221 Å². The van der Waals surface area contributed by atoms with E-state index in [4.69, 9.17) is 0 Å². The van der Waals surface area contributed by atoms with Crippen LogP contribution < -0.4 is 10.3 Å². The first-order valence-corrected chi connectivity index (χ1v) is 13.1. The van der Waals surface area contributed by atoms with Crippen LogP contribution in [-0.2, 0) is 4.79 Å². The molecular formula is C28H30N6O2S. The third-order valence-electron chi connectivity index (χ3n) is 5.83. The van der Waals surface area contributed by atoms with Crippen molar-refractivity contribution in [2.24, 2.45) is 5.10 Å². The fourth-order valence-corrected chi connectivity index (χ4v) is 4.57. The molecule has 37 heavy (non-hydrogen) atoms. The molecule has 1 aromatic heterocycles. The van der Waals surface area contributed by atoms with Gasteiger partial charge in [-0.15, -0.1) is 10.2 Å². The lowest BCUT2D eigenvalue weighted by atomic mass is 10.1. The Kier molecular flexibility index (Phi) is 8.58. The van der Waals surface area contributed by atoms with Gasteiger partial charge in [0, 0.05) is 41.7 Å². The standard InChI is InChI=1S/C28H30N6O2S/c1-4-33(5-2)24-16-15-22(25(35)17-24)18-29-30-26(36)19-37-28-32-31-27(21-13-11-20(3)12-14-21)34(28)23-9-7-6-8-10-23/h6-18,35H,4-5,19H2,1-3H3,(H,30,36). The number of aromatic hydroxyl groups is 1. The summed E-state index contributed by atoms with van der Waals surface area (Å²) >= 11 is 1.28. The minimum absolute atomic E-state index is 0.100. The number of aromatic nitrogens is 3. The monoisotopic (exact) mass is 514 g/mol. The van der Waals surface area contributed by atoms with Crippen LogP contribution >= 0.6 is 11.8 Å². The van der Waals surface area contributed by atoms with Crippen LogP contribution in [0.15, 0.2) is 83.1 Å². The van der Waals surface area contributed by atoms with Crippen LogP contribution in [0.2, 0.25) is 0 Å². The summed E-state index contributed by atoms with van der Waals surface area (Å²) in [6.07, 6.45) is 1.44. The maximum Gasteiger partial charge on any atom is 0.250 e. The second-order valence-corrected chi connectivity index (χ2v) is 9.28. The summed E-state index contributed by atoms with van der Waals surface area (Å²) in [6.45, 7) is 7.87. The van der Waals surface area contributed by atoms with Crippen molar-refractivity contribution in [1.82, 2.24) is 20.2 Å². The minimum atomic E-state index is -0.292. The number of nitrogens with one attached hydrogen (secondary N) is 1. The number of para-hydroxylation sites is 1. The lowest BCUT2D eigenvalue weighted by Gasteiger charge is -2.21. The van der Waals surface area contributed by atoms with Crippen molar-refractivity contribution in [2.75, 3.05) is 23.7 Å². The highest BCUT2D eigenvalue weighted by molar-refractivity contribution is 7.99. The lowest BCUT2D eigenvalue weighted by molar-refractivity contribution is -0.118. The predicted molar refractivity (Wildman–Crippen MR) is 150 cm³/mol. The maximum absolute atomic E-state index is 12.5. The molecule has 2 N–H and O–H groups in total. The molecular weight excluding hydrogens is 484 g/mol. The van der Waals surface area contributed by atoms with E-state index in [1.54, 1.807) is 12.1 Å². The molecule has 1 heterocycles. The molecule has 8 nitrogen and oxygen atoms in total. The van der Waals surface area contributed by atoms with E-state index in [2.05, 4.69) is 39.5 Å². The number of thioether (sulfide) groups is 1. The van der Waals surface area contributed by atoms with Gasteiger partial charge in [0.25, 0.3) is 5.91 Å². The fraction of sp³-hybridized carbons (Fsp3) is 0.214. The Morgan fingerprint density at radius 3 is 2.46 bits per heavy atom. The molecule has 3 aromatic carbocycles. The van der Waals surface area contributed by atoms with Crippen molar-refractivity contribution in [3.8, 4) is 22.8 Å². The van der Waals surface area contributed by atoms with Gasteiger partial charge in [-0.2, -0.15) is 5.10 Å². The molecule has 4 rings (SSSR count). The van der Waals surface area contributed by atoms with Crippen molar-refractivity contribution in [1.29, 1.82) is 0 Å². The Morgan fingerprint density at radius 1 is 1.05 bits per heavy atom. The quantitative estimate of drug-likeness (QED) is 0.175. The molecule has 0 aliphatic heterocycles. The highest BCUT2D eigenvalue weighted by Gasteiger charge is 2.17. The van der Waals surface area contributed by atoms with Crippen molar-refractivity contribution in [2.45, 2.75) is 25.9 Å². The number of hydrazone groups is 1. The summed E-state index contributed by atoms with van der Waals surface area (Å²) in [7, 11) is 0. The van der Waals surface area contributed by atoms with Crippen LogP contribution in [0.5, 0.6) is 5.75 Å². The first kappa shape index (κ1) is 26.0. The molecule has 4 aromatic rings. The number of hydrogen-bond donors (Lipinski definition) is 2. The molecule has 0 unspecified atom stereocenters. The predicted octanol–water partition coefficient (Wildman–Crippen LogP) is 5.04. The van der Waals surface area contributed by atoms with Gasteiger partial charge in [-0.3, -0.25) is 9.36 Å². The van der Waals surface area contributed by atoms with Crippen LogP contribution in [0.1, 0.15) is 25.0 Å². The fourth-order valence-electron chi connectivity index (χ4n) is 3.83. The smallest absolute Gasteiger partial charge is 0.250 e. The number of carbonyl (C=O) groups excluding carboxylic acids is 1. The Bertz CT molecular complexity index is 1370. The highest BCUT2D eigenvalue weighted by atomic mass is 32.2. The van der Waals surface area contributed by atoms with Crippen LogP contribution in [0.25, 0.3) is 17.1 Å². The number of amides is 1. The average molecular weight is 515 g/mol. The highest BCUT2D eigenvalue weighted by Crippen LogP contribution is 2.28. The SMILES string of the molecule is CCN(CC)c1ccc(C=NNC(=O)CSc2nnc(-c3ccc(C)cc3)n2-c2ccccc2)c(O)c1. The van der Waals surface area contributed by atoms with Gasteiger partial charge in [0.05, 0.1) is 12.0 Å². The first-order chi connectivity index (χ1) is 18.0. The number of benzene rings is 3. The number of hydrogen-bond acceptors (Lipinski definition) is 7.